The quantitative estimate of drug-likeness (QED) is 0.610. The van der Waals surface area contributed by atoms with Crippen molar-refractivity contribution >= 4 is 15.9 Å². The van der Waals surface area contributed by atoms with E-state index in [4.69, 9.17) is 9.47 Å². The molecule has 0 spiro atoms. The maximum atomic E-state index is 13.9. The lowest BCUT2D eigenvalue weighted by Crippen LogP contribution is -2.48. The molecule has 1 unspecified atom stereocenters. The van der Waals surface area contributed by atoms with E-state index in [-0.39, 0.29) is 35.0 Å². The molecule has 2 aromatic carbocycles. The molecular formula is C24H30FN3O5S. The Bertz CT molecular complexity index is 1100. The van der Waals surface area contributed by atoms with Crippen molar-refractivity contribution in [2.75, 3.05) is 46.4 Å². The predicted molar refractivity (Wildman–Crippen MR) is 125 cm³/mol. The number of methoxy groups -OCH3 is 1. The van der Waals surface area contributed by atoms with Crippen LogP contribution in [0.25, 0.3) is 0 Å². The Morgan fingerprint density at radius 1 is 1.15 bits per heavy atom. The Balaban J connectivity index is 1.29. The van der Waals surface area contributed by atoms with Crippen molar-refractivity contribution in [3.8, 4) is 5.75 Å². The van der Waals surface area contributed by atoms with Gasteiger partial charge >= 0.3 is 0 Å². The second-order valence-corrected chi connectivity index (χ2v) is 10.3. The van der Waals surface area contributed by atoms with Crippen molar-refractivity contribution in [2.24, 2.45) is 0 Å². The first-order chi connectivity index (χ1) is 16.4. The monoisotopic (exact) mass is 491 g/mol. The molecule has 34 heavy (non-hydrogen) atoms. The average Bonchev–Trinajstić information content (AvgIpc) is 3.37. The number of ether oxygens (including phenoxy) is 2. The van der Waals surface area contributed by atoms with Crippen LogP contribution < -0.4 is 9.46 Å². The van der Waals surface area contributed by atoms with E-state index in [1.165, 1.54) is 25.3 Å². The first-order valence-corrected chi connectivity index (χ1v) is 12.9. The van der Waals surface area contributed by atoms with Crippen LogP contribution in [0.15, 0.2) is 47.4 Å². The number of carbonyl (C=O) groups is 1. The second-order valence-electron chi connectivity index (χ2n) is 8.55. The van der Waals surface area contributed by atoms with Gasteiger partial charge in [-0.2, -0.15) is 0 Å². The number of nitrogens with zero attached hydrogens (tertiary/aromatic N) is 2. The normalized spacial score (nSPS) is 19.4. The van der Waals surface area contributed by atoms with E-state index in [0.29, 0.717) is 44.9 Å². The fraction of sp³-hybridized carbons (Fsp3) is 0.458. The van der Waals surface area contributed by atoms with Crippen LogP contribution in [0.2, 0.25) is 0 Å². The molecule has 2 aliphatic heterocycles. The summed E-state index contributed by atoms with van der Waals surface area (Å²) in [5.74, 6) is -0.302. The van der Waals surface area contributed by atoms with Crippen molar-refractivity contribution in [1.29, 1.82) is 0 Å². The van der Waals surface area contributed by atoms with E-state index in [1.807, 2.05) is 6.07 Å². The number of amides is 1. The first-order valence-electron chi connectivity index (χ1n) is 11.4. The Labute approximate surface area is 199 Å². The van der Waals surface area contributed by atoms with Crippen molar-refractivity contribution in [1.82, 2.24) is 14.5 Å². The van der Waals surface area contributed by atoms with Gasteiger partial charge in [-0.25, -0.2) is 17.5 Å². The van der Waals surface area contributed by atoms with Crippen molar-refractivity contribution in [3.63, 3.8) is 0 Å². The van der Waals surface area contributed by atoms with Gasteiger partial charge in [0.15, 0.2) is 11.6 Å². The highest BCUT2D eigenvalue weighted by molar-refractivity contribution is 7.89. The van der Waals surface area contributed by atoms with Gasteiger partial charge in [-0.15, -0.1) is 0 Å². The number of sulfonamides is 1. The van der Waals surface area contributed by atoms with Gasteiger partial charge in [-0.1, -0.05) is 6.07 Å². The standard InChI is InChI=1S/C24H30FN3O5S/c1-32-23-9-4-18(15-22(23)25)17-27-10-12-28(13-11-27)24(29)19-5-7-21(8-6-19)34(30,31)26-16-20-3-2-14-33-20/h4-9,15,20,26H,2-3,10-14,16-17H2,1H3. The molecule has 2 aromatic rings. The summed E-state index contributed by atoms with van der Waals surface area (Å²) in [4.78, 5) is 16.9. The van der Waals surface area contributed by atoms with Gasteiger partial charge in [-0.05, 0) is 54.8 Å². The molecule has 2 fully saturated rings. The number of hydrogen-bond donors (Lipinski definition) is 1. The van der Waals surface area contributed by atoms with Gasteiger partial charge in [0.2, 0.25) is 10.0 Å². The number of benzene rings is 2. The van der Waals surface area contributed by atoms with Crippen molar-refractivity contribution < 1.29 is 27.1 Å². The molecule has 184 valence electrons. The molecule has 1 N–H and O–H groups in total. The van der Waals surface area contributed by atoms with Crippen LogP contribution in [0.5, 0.6) is 5.75 Å². The van der Waals surface area contributed by atoms with Crippen LogP contribution in [-0.2, 0) is 21.3 Å². The number of piperazine rings is 1. The molecule has 2 aliphatic rings. The van der Waals surface area contributed by atoms with E-state index in [1.54, 1.807) is 23.1 Å². The highest BCUT2D eigenvalue weighted by Gasteiger charge is 2.24. The van der Waals surface area contributed by atoms with Crippen molar-refractivity contribution in [2.45, 2.75) is 30.4 Å². The third kappa shape index (κ3) is 5.93. The predicted octanol–water partition coefficient (Wildman–Crippen LogP) is 2.25. The van der Waals surface area contributed by atoms with Crippen LogP contribution in [0.4, 0.5) is 4.39 Å². The van der Waals surface area contributed by atoms with Gasteiger partial charge in [0.25, 0.3) is 5.91 Å². The number of halogens is 1. The van der Waals surface area contributed by atoms with E-state index in [9.17, 15) is 17.6 Å². The molecule has 0 saturated carbocycles. The molecule has 0 radical (unpaired) electrons. The molecule has 0 aromatic heterocycles. The first kappa shape index (κ1) is 24.6. The average molecular weight is 492 g/mol. The summed E-state index contributed by atoms with van der Waals surface area (Å²) in [6.45, 7) is 3.92. The highest BCUT2D eigenvalue weighted by Crippen LogP contribution is 2.20. The third-order valence-corrected chi connectivity index (χ3v) is 7.66. The molecule has 10 heteroatoms. The SMILES string of the molecule is COc1ccc(CN2CCN(C(=O)c3ccc(S(=O)(=O)NCC4CCCO4)cc3)CC2)cc1F. The van der Waals surface area contributed by atoms with Crippen LogP contribution in [0.1, 0.15) is 28.8 Å². The molecule has 0 aliphatic carbocycles. The van der Waals surface area contributed by atoms with Gasteiger partial charge in [0.1, 0.15) is 0 Å². The summed E-state index contributed by atoms with van der Waals surface area (Å²) in [5.41, 5.74) is 1.30. The third-order valence-electron chi connectivity index (χ3n) is 6.22. The summed E-state index contributed by atoms with van der Waals surface area (Å²) in [6.07, 6.45) is 1.70. The maximum Gasteiger partial charge on any atom is 0.253 e. The zero-order valence-electron chi connectivity index (χ0n) is 19.2. The lowest BCUT2D eigenvalue weighted by molar-refractivity contribution is 0.0628. The lowest BCUT2D eigenvalue weighted by atomic mass is 10.1. The Morgan fingerprint density at radius 2 is 1.88 bits per heavy atom. The molecule has 8 nitrogen and oxygen atoms in total. The van der Waals surface area contributed by atoms with Gasteiger partial charge in [0, 0.05) is 51.4 Å². The van der Waals surface area contributed by atoms with E-state index >= 15 is 0 Å². The number of carbonyl (C=O) groups excluding carboxylic acids is 1. The summed E-state index contributed by atoms with van der Waals surface area (Å²) in [6, 6.07) is 10.9. The number of rotatable bonds is 8. The highest BCUT2D eigenvalue weighted by atomic mass is 32.2. The lowest BCUT2D eigenvalue weighted by Gasteiger charge is -2.34. The summed E-state index contributed by atoms with van der Waals surface area (Å²) in [5, 5.41) is 0. The largest absolute Gasteiger partial charge is 0.494 e. The molecule has 1 amide bonds. The van der Waals surface area contributed by atoms with E-state index in [2.05, 4.69) is 9.62 Å². The van der Waals surface area contributed by atoms with Crippen LogP contribution in [0.3, 0.4) is 0 Å². The van der Waals surface area contributed by atoms with Gasteiger partial charge in [-0.3, -0.25) is 9.69 Å². The number of nitrogens with one attached hydrogen (secondary N) is 1. The molecule has 1 atom stereocenters. The maximum absolute atomic E-state index is 13.9. The van der Waals surface area contributed by atoms with Gasteiger partial charge in [0.05, 0.1) is 18.1 Å². The van der Waals surface area contributed by atoms with Crippen LogP contribution in [0, 0.1) is 5.82 Å². The number of hydrogen-bond acceptors (Lipinski definition) is 6. The fourth-order valence-electron chi connectivity index (χ4n) is 4.23. The topological polar surface area (TPSA) is 88.2 Å². The minimum absolute atomic E-state index is 0.0852. The molecular weight excluding hydrogens is 461 g/mol. The van der Waals surface area contributed by atoms with Gasteiger partial charge < -0.3 is 14.4 Å². The molecule has 0 bridgehead atoms. The van der Waals surface area contributed by atoms with Crippen molar-refractivity contribution in [3.05, 3.63) is 59.4 Å². The van der Waals surface area contributed by atoms with Crippen LogP contribution >= 0.6 is 0 Å². The zero-order valence-corrected chi connectivity index (χ0v) is 20.0. The smallest absolute Gasteiger partial charge is 0.253 e. The zero-order chi connectivity index (χ0) is 24.1. The molecule has 2 saturated heterocycles. The van der Waals surface area contributed by atoms with Crippen LogP contribution in [-0.4, -0.2) is 76.7 Å². The summed E-state index contributed by atoms with van der Waals surface area (Å²) < 4.78 is 52.0. The minimum atomic E-state index is -3.66. The Kier molecular flexibility index (Phi) is 7.82. The van der Waals surface area contributed by atoms with E-state index in [0.717, 1.165) is 18.4 Å². The Morgan fingerprint density at radius 3 is 2.50 bits per heavy atom. The van der Waals surface area contributed by atoms with E-state index < -0.39 is 10.0 Å². The molecule has 2 heterocycles. The second kappa shape index (κ2) is 10.8. The minimum Gasteiger partial charge on any atom is -0.494 e. The molecule has 4 rings (SSSR count). The fourth-order valence-corrected chi connectivity index (χ4v) is 5.29. The summed E-state index contributed by atoms with van der Waals surface area (Å²) in [7, 11) is -2.22. The Hall–Kier alpha value is -2.53. The summed E-state index contributed by atoms with van der Waals surface area (Å²) >= 11 is 0.